The molecule has 6 heteroatoms. The quantitative estimate of drug-likeness (QED) is 0.187. The number of rotatable bonds is 5. The molecule has 0 aliphatic rings. The van der Waals surface area contributed by atoms with Gasteiger partial charge in [-0.1, -0.05) is 135 Å². The molecule has 0 spiro atoms. The van der Waals surface area contributed by atoms with Gasteiger partial charge in [-0.2, -0.15) is 0 Å². The summed E-state index contributed by atoms with van der Waals surface area (Å²) in [5, 5.41) is 13.8. The third-order valence-electron chi connectivity index (χ3n) is 12.5. The van der Waals surface area contributed by atoms with Crippen molar-refractivity contribution < 1.29 is 9.52 Å². The molecule has 0 aliphatic carbocycles. The summed E-state index contributed by atoms with van der Waals surface area (Å²) in [5.41, 5.74) is 15.5. The van der Waals surface area contributed by atoms with E-state index in [1.165, 1.54) is 22.9 Å². The van der Waals surface area contributed by atoms with E-state index in [0.29, 0.717) is 22.2 Å². The van der Waals surface area contributed by atoms with E-state index in [-0.39, 0.29) is 22.0 Å². The lowest BCUT2D eigenvalue weighted by atomic mass is 9.81. The number of pyridine rings is 2. The number of furan rings is 1. The van der Waals surface area contributed by atoms with E-state index in [1.54, 1.807) is 0 Å². The summed E-state index contributed by atoms with van der Waals surface area (Å²) >= 11 is 0. The minimum Gasteiger partial charge on any atom is -0.506 e. The van der Waals surface area contributed by atoms with Crippen LogP contribution in [-0.4, -0.2) is 24.6 Å². The topological polar surface area (TPSA) is 77.0 Å². The Labute approximate surface area is 368 Å². The molecule has 4 aromatic heterocycles. The van der Waals surface area contributed by atoms with Crippen molar-refractivity contribution in [3.63, 3.8) is 0 Å². The number of fused-ring (bicyclic) bond motifs is 5. The Morgan fingerprint density at radius 2 is 1.22 bits per heavy atom. The van der Waals surface area contributed by atoms with E-state index in [0.717, 1.165) is 72.2 Å². The van der Waals surface area contributed by atoms with Gasteiger partial charge in [-0.3, -0.25) is 9.55 Å². The largest absolute Gasteiger partial charge is 0.506 e. The molecule has 10 aromatic rings. The van der Waals surface area contributed by atoms with Crippen LogP contribution in [0.1, 0.15) is 79.0 Å². The zero-order chi connectivity index (χ0) is 44.0. The van der Waals surface area contributed by atoms with Crippen LogP contribution in [0.3, 0.4) is 0 Å². The van der Waals surface area contributed by atoms with Crippen LogP contribution < -0.4 is 0 Å². The van der Waals surface area contributed by atoms with Gasteiger partial charge in [0, 0.05) is 39.2 Å². The second-order valence-electron chi connectivity index (χ2n) is 20.0. The van der Waals surface area contributed by atoms with Crippen molar-refractivity contribution in [1.29, 1.82) is 0 Å². The van der Waals surface area contributed by atoms with Gasteiger partial charge in [-0.05, 0) is 105 Å². The fraction of sp³-hybridized carbons (Fsp3) is 0.211. The van der Waals surface area contributed by atoms with Gasteiger partial charge in [0.1, 0.15) is 22.7 Å². The number of benzene rings is 6. The third kappa shape index (κ3) is 6.94. The summed E-state index contributed by atoms with van der Waals surface area (Å²) in [6.45, 7) is 20.4. The Bertz CT molecular complexity index is 3410. The van der Waals surface area contributed by atoms with E-state index in [2.05, 4.69) is 163 Å². The van der Waals surface area contributed by atoms with Gasteiger partial charge in [-0.25, -0.2) is 9.97 Å². The molecular formula is C57H52N4O2. The smallest absolute Gasteiger partial charge is 0.165 e. The van der Waals surface area contributed by atoms with Crippen molar-refractivity contribution in [2.45, 2.75) is 78.6 Å². The van der Waals surface area contributed by atoms with E-state index in [4.69, 9.17) is 14.4 Å². The van der Waals surface area contributed by atoms with Crippen molar-refractivity contribution in [3.05, 3.63) is 163 Å². The molecule has 0 radical (unpaired) electrons. The monoisotopic (exact) mass is 824 g/mol. The fourth-order valence-electron chi connectivity index (χ4n) is 8.87. The van der Waals surface area contributed by atoms with Gasteiger partial charge in [0.2, 0.25) is 0 Å². The molecule has 10 rings (SSSR count). The predicted octanol–water partition coefficient (Wildman–Crippen LogP) is 15.1. The molecule has 0 unspecified atom stereocenters. The molecule has 312 valence electrons. The summed E-state index contributed by atoms with van der Waals surface area (Å²) in [4.78, 5) is 15.3. The van der Waals surface area contributed by atoms with Crippen molar-refractivity contribution in [1.82, 2.24) is 19.5 Å². The van der Waals surface area contributed by atoms with Crippen molar-refractivity contribution >= 4 is 44.0 Å². The summed E-state index contributed by atoms with van der Waals surface area (Å²) in [7, 11) is 0. The number of hydrogen-bond acceptors (Lipinski definition) is 5. The van der Waals surface area contributed by atoms with Gasteiger partial charge >= 0.3 is 0 Å². The summed E-state index contributed by atoms with van der Waals surface area (Å²) < 4.78 is 8.83. The number of hydrogen-bond donors (Lipinski definition) is 1. The second-order valence-corrected chi connectivity index (χ2v) is 20.0. The first kappa shape index (κ1) is 40.0. The van der Waals surface area contributed by atoms with Gasteiger partial charge in [0.15, 0.2) is 5.58 Å². The van der Waals surface area contributed by atoms with E-state index in [1.807, 2.05) is 48.7 Å². The third-order valence-corrected chi connectivity index (χ3v) is 12.5. The second kappa shape index (κ2) is 14.5. The molecule has 0 amide bonds. The molecule has 0 atom stereocenters. The number of aromatic hydroxyl groups is 1. The number of aromatic nitrogens is 4. The van der Waals surface area contributed by atoms with Gasteiger partial charge in [0.05, 0.1) is 34.0 Å². The minimum atomic E-state index is -0.198. The summed E-state index contributed by atoms with van der Waals surface area (Å²) in [6, 6.07) is 47.3. The molecule has 6 aromatic carbocycles. The molecular weight excluding hydrogens is 773 g/mol. The van der Waals surface area contributed by atoms with Crippen LogP contribution in [0.2, 0.25) is 0 Å². The molecule has 4 heterocycles. The standard InChI is InChI=1S/C57H52N4O2/c1-55(2,3)38-24-25-45(43(31-38)34-17-11-10-12-18-34)61-46-22-15-21-42(49-47(62)33-59-52-41-20-13-14-23-48(41)63-53(49)52)51(46)60-54(61)37-27-36(29-39(30-37)56(4,5)6)44-32-40(57(7,8)9)28-35-19-16-26-58-50(35)44/h10-33,62H,1-9H3. The first-order valence-electron chi connectivity index (χ1n) is 21.8. The Balaban J connectivity index is 1.33. The molecule has 1 N–H and O–H groups in total. The molecule has 0 bridgehead atoms. The summed E-state index contributed by atoms with van der Waals surface area (Å²) in [6.07, 6.45) is 3.41. The van der Waals surface area contributed by atoms with Crippen LogP contribution in [0, 0.1) is 0 Å². The normalized spacial score (nSPS) is 12.6. The van der Waals surface area contributed by atoms with Crippen molar-refractivity contribution in [3.8, 4) is 56.2 Å². The molecule has 6 nitrogen and oxygen atoms in total. The van der Waals surface area contributed by atoms with Crippen molar-refractivity contribution in [2.24, 2.45) is 0 Å². The predicted molar refractivity (Wildman–Crippen MR) is 261 cm³/mol. The number of para-hydroxylation sites is 2. The molecule has 0 saturated carbocycles. The maximum atomic E-state index is 11.7. The average Bonchev–Trinajstić information content (AvgIpc) is 3.84. The lowest BCUT2D eigenvalue weighted by Gasteiger charge is -2.24. The first-order valence-corrected chi connectivity index (χ1v) is 21.8. The molecule has 63 heavy (non-hydrogen) atoms. The van der Waals surface area contributed by atoms with Crippen LogP contribution >= 0.6 is 0 Å². The van der Waals surface area contributed by atoms with Crippen molar-refractivity contribution in [2.75, 3.05) is 0 Å². The highest BCUT2D eigenvalue weighted by atomic mass is 16.3. The maximum absolute atomic E-state index is 11.7. The van der Waals surface area contributed by atoms with Crippen LogP contribution in [0.25, 0.3) is 94.5 Å². The fourth-order valence-corrected chi connectivity index (χ4v) is 8.87. The highest BCUT2D eigenvalue weighted by Crippen LogP contribution is 2.46. The zero-order valence-electron chi connectivity index (χ0n) is 37.5. The molecule has 0 fully saturated rings. The lowest BCUT2D eigenvalue weighted by molar-refractivity contribution is 0.474. The average molecular weight is 825 g/mol. The minimum absolute atomic E-state index is 0.0276. The highest BCUT2D eigenvalue weighted by Gasteiger charge is 2.27. The first-order chi connectivity index (χ1) is 30.0. The molecule has 0 aliphatic heterocycles. The number of nitrogens with zero attached hydrogens (tertiary/aromatic N) is 4. The van der Waals surface area contributed by atoms with Gasteiger partial charge in [-0.15, -0.1) is 0 Å². The Hall–Kier alpha value is -7.05. The van der Waals surface area contributed by atoms with Crippen LogP contribution in [0.4, 0.5) is 0 Å². The highest BCUT2D eigenvalue weighted by molar-refractivity contribution is 6.11. The lowest BCUT2D eigenvalue weighted by Crippen LogP contribution is -2.13. The van der Waals surface area contributed by atoms with E-state index in [9.17, 15) is 5.11 Å². The van der Waals surface area contributed by atoms with Crippen LogP contribution in [0.5, 0.6) is 5.75 Å². The Morgan fingerprint density at radius 1 is 0.524 bits per heavy atom. The summed E-state index contributed by atoms with van der Waals surface area (Å²) in [5.74, 6) is 0.809. The van der Waals surface area contributed by atoms with Gasteiger partial charge < -0.3 is 9.52 Å². The number of imidazole rings is 1. The Morgan fingerprint density at radius 3 is 1.98 bits per heavy atom. The van der Waals surface area contributed by atoms with Gasteiger partial charge in [0.25, 0.3) is 0 Å². The SMILES string of the molecule is CC(C)(C)c1cc(-c2cc(C(C)(C)C)cc3cccnc23)cc(-c2nc3c(-c4c(O)cnc5c4oc4ccccc45)cccc3n2-c2ccc(C(C)(C)C)cc2-c2ccccc2)c1. The zero-order valence-corrected chi connectivity index (χ0v) is 37.5. The maximum Gasteiger partial charge on any atom is 0.165 e. The molecule has 0 saturated heterocycles. The van der Waals surface area contributed by atoms with Crippen LogP contribution in [0.15, 0.2) is 150 Å². The van der Waals surface area contributed by atoms with E-state index >= 15 is 0 Å². The van der Waals surface area contributed by atoms with Crippen LogP contribution in [-0.2, 0) is 16.2 Å². The van der Waals surface area contributed by atoms with E-state index < -0.39 is 0 Å². The Kier molecular flexibility index (Phi) is 9.23.